The molecule has 0 aliphatic heterocycles. The van der Waals surface area contributed by atoms with Gasteiger partial charge < -0.3 is 4.98 Å². The minimum Gasteiger partial charge on any atom is -0.329 e. The second kappa shape index (κ2) is 3.87. The van der Waals surface area contributed by atoms with Crippen molar-refractivity contribution in [3.63, 3.8) is 0 Å². The van der Waals surface area contributed by atoms with Crippen molar-refractivity contribution in [2.45, 2.75) is 0 Å². The van der Waals surface area contributed by atoms with Gasteiger partial charge in [-0.2, -0.15) is 0 Å². The van der Waals surface area contributed by atoms with E-state index in [1.807, 2.05) is 0 Å². The van der Waals surface area contributed by atoms with Crippen LogP contribution >= 0.6 is 11.6 Å². The molecule has 0 bridgehead atoms. The summed E-state index contributed by atoms with van der Waals surface area (Å²) in [5.74, 6) is -0.458. The highest BCUT2D eigenvalue weighted by atomic mass is 35.5. The van der Waals surface area contributed by atoms with Crippen molar-refractivity contribution in [1.29, 1.82) is 0 Å². The minimum absolute atomic E-state index is 0.265. The summed E-state index contributed by atoms with van der Waals surface area (Å²) < 4.78 is 13.0. The molecule has 0 radical (unpaired) electrons. The van der Waals surface area contributed by atoms with Crippen molar-refractivity contribution in [3.8, 4) is 11.1 Å². The van der Waals surface area contributed by atoms with Gasteiger partial charge in [-0.05, 0) is 35.9 Å². The fraction of sp³-hybridized carbons (Fsp3) is 0. The number of H-pyrrole nitrogens is 1. The second-order valence-corrected chi connectivity index (χ2v) is 3.51. The smallest absolute Gasteiger partial charge is 0.255 e. The third-order valence-electron chi connectivity index (χ3n) is 1.99. The van der Waals surface area contributed by atoms with Gasteiger partial charge in [-0.1, -0.05) is 11.6 Å². The van der Waals surface area contributed by atoms with Crippen LogP contribution in [0.3, 0.4) is 0 Å². The number of hydrogen-bond donors (Lipinski definition) is 1. The molecule has 76 valence electrons. The molecule has 1 heterocycles. The SMILES string of the molecule is O=c1[nH]cccc1-c1cc(F)cc(Cl)c1. The molecule has 1 N–H and O–H groups in total. The second-order valence-electron chi connectivity index (χ2n) is 3.07. The summed E-state index contributed by atoms with van der Waals surface area (Å²) in [7, 11) is 0. The van der Waals surface area contributed by atoms with E-state index in [2.05, 4.69) is 4.98 Å². The Kier molecular flexibility index (Phi) is 2.56. The van der Waals surface area contributed by atoms with E-state index < -0.39 is 5.82 Å². The van der Waals surface area contributed by atoms with Crippen LogP contribution in [0.1, 0.15) is 0 Å². The fourth-order valence-electron chi connectivity index (χ4n) is 1.36. The van der Waals surface area contributed by atoms with Crippen LogP contribution in [-0.2, 0) is 0 Å². The van der Waals surface area contributed by atoms with Crippen LogP contribution in [0, 0.1) is 5.82 Å². The van der Waals surface area contributed by atoms with Crippen LogP contribution in [0.25, 0.3) is 11.1 Å². The highest BCUT2D eigenvalue weighted by Gasteiger charge is 2.04. The molecule has 0 amide bonds. The molecule has 2 aromatic rings. The lowest BCUT2D eigenvalue weighted by Gasteiger charge is -2.01. The molecule has 1 aromatic carbocycles. The van der Waals surface area contributed by atoms with E-state index in [9.17, 15) is 9.18 Å². The Morgan fingerprint density at radius 2 is 2.07 bits per heavy atom. The Labute approximate surface area is 90.3 Å². The number of benzene rings is 1. The minimum atomic E-state index is -0.458. The zero-order valence-electron chi connectivity index (χ0n) is 7.63. The normalized spacial score (nSPS) is 10.3. The van der Waals surface area contributed by atoms with E-state index in [1.54, 1.807) is 18.2 Å². The standard InChI is InChI=1S/C11H7ClFNO/c12-8-4-7(5-9(13)6-8)10-2-1-3-14-11(10)15/h1-6H,(H,14,15). The molecule has 0 spiro atoms. The van der Waals surface area contributed by atoms with E-state index in [1.165, 1.54) is 18.3 Å². The number of aromatic nitrogens is 1. The van der Waals surface area contributed by atoms with Crippen LogP contribution in [0.15, 0.2) is 41.3 Å². The average molecular weight is 224 g/mol. The van der Waals surface area contributed by atoms with E-state index in [-0.39, 0.29) is 10.6 Å². The van der Waals surface area contributed by atoms with Gasteiger partial charge in [0.15, 0.2) is 0 Å². The highest BCUT2D eigenvalue weighted by Crippen LogP contribution is 2.21. The molecule has 0 aliphatic carbocycles. The summed E-state index contributed by atoms with van der Waals surface area (Å²) in [5, 5.41) is 0.272. The maximum absolute atomic E-state index is 13.0. The Morgan fingerprint density at radius 3 is 2.73 bits per heavy atom. The average Bonchev–Trinajstić information content (AvgIpc) is 2.16. The van der Waals surface area contributed by atoms with Crippen LogP contribution in [0.2, 0.25) is 5.02 Å². The van der Waals surface area contributed by atoms with Crippen molar-refractivity contribution in [2.75, 3.05) is 0 Å². The number of halogens is 2. The summed E-state index contributed by atoms with van der Waals surface area (Å²) >= 11 is 5.70. The van der Waals surface area contributed by atoms with E-state index in [0.29, 0.717) is 11.1 Å². The molecule has 4 heteroatoms. The van der Waals surface area contributed by atoms with Crippen molar-refractivity contribution < 1.29 is 4.39 Å². The number of aromatic amines is 1. The van der Waals surface area contributed by atoms with Gasteiger partial charge >= 0.3 is 0 Å². The van der Waals surface area contributed by atoms with Gasteiger partial charge in [-0.25, -0.2) is 4.39 Å². The first-order valence-electron chi connectivity index (χ1n) is 4.31. The molecule has 15 heavy (non-hydrogen) atoms. The van der Waals surface area contributed by atoms with Gasteiger partial charge in [0.1, 0.15) is 5.82 Å². The molecule has 0 aliphatic rings. The van der Waals surface area contributed by atoms with Gasteiger partial charge in [0, 0.05) is 16.8 Å². The Hall–Kier alpha value is -1.61. The predicted molar refractivity (Wildman–Crippen MR) is 57.5 cm³/mol. The fourth-order valence-corrected chi connectivity index (χ4v) is 1.58. The summed E-state index contributed by atoms with van der Waals surface area (Å²) in [5.41, 5.74) is 0.611. The highest BCUT2D eigenvalue weighted by molar-refractivity contribution is 6.30. The quantitative estimate of drug-likeness (QED) is 0.792. The van der Waals surface area contributed by atoms with Gasteiger partial charge in [0.25, 0.3) is 5.56 Å². The molecular formula is C11H7ClFNO. The van der Waals surface area contributed by atoms with Gasteiger partial charge in [-0.15, -0.1) is 0 Å². The molecular weight excluding hydrogens is 217 g/mol. The van der Waals surface area contributed by atoms with Gasteiger partial charge in [-0.3, -0.25) is 4.79 Å². The third kappa shape index (κ3) is 2.07. The molecule has 0 unspecified atom stereocenters. The van der Waals surface area contributed by atoms with Crippen LogP contribution in [0.5, 0.6) is 0 Å². The zero-order chi connectivity index (χ0) is 10.8. The van der Waals surface area contributed by atoms with Crippen molar-refractivity contribution in [1.82, 2.24) is 4.98 Å². The summed E-state index contributed by atoms with van der Waals surface area (Å²) in [6, 6.07) is 7.31. The first-order valence-corrected chi connectivity index (χ1v) is 4.69. The first-order chi connectivity index (χ1) is 7.16. The lowest BCUT2D eigenvalue weighted by molar-refractivity contribution is 0.628. The lowest BCUT2D eigenvalue weighted by atomic mass is 10.1. The van der Waals surface area contributed by atoms with E-state index in [4.69, 9.17) is 11.6 Å². The molecule has 0 fully saturated rings. The first kappa shape index (κ1) is 9.93. The maximum atomic E-state index is 13.0. The molecule has 2 nitrogen and oxygen atoms in total. The molecule has 0 atom stereocenters. The zero-order valence-corrected chi connectivity index (χ0v) is 8.38. The molecule has 0 saturated heterocycles. The van der Waals surface area contributed by atoms with E-state index >= 15 is 0 Å². The Bertz CT molecular complexity index is 530. The van der Waals surface area contributed by atoms with E-state index in [0.717, 1.165) is 0 Å². The number of rotatable bonds is 1. The summed E-state index contributed by atoms with van der Waals surface area (Å²) in [6.45, 7) is 0. The molecule has 2 rings (SSSR count). The lowest BCUT2D eigenvalue weighted by Crippen LogP contribution is -2.06. The van der Waals surface area contributed by atoms with Gasteiger partial charge in [0.05, 0.1) is 0 Å². The van der Waals surface area contributed by atoms with Crippen LogP contribution < -0.4 is 5.56 Å². The monoisotopic (exact) mass is 223 g/mol. The maximum Gasteiger partial charge on any atom is 0.255 e. The third-order valence-corrected chi connectivity index (χ3v) is 2.21. The van der Waals surface area contributed by atoms with Crippen LogP contribution in [0.4, 0.5) is 4.39 Å². The largest absolute Gasteiger partial charge is 0.329 e. The van der Waals surface area contributed by atoms with Crippen molar-refractivity contribution in [3.05, 3.63) is 57.7 Å². The van der Waals surface area contributed by atoms with Crippen molar-refractivity contribution in [2.24, 2.45) is 0 Å². The number of pyridine rings is 1. The summed E-state index contributed by atoms with van der Waals surface area (Å²) in [4.78, 5) is 13.9. The molecule has 1 aromatic heterocycles. The van der Waals surface area contributed by atoms with Gasteiger partial charge in [0.2, 0.25) is 0 Å². The van der Waals surface area contributed by atoms with Crippen LogP contribution in [-0.4, -0.2) is 4.98 Å². The Morgan fingerprint density at radius 1 is 1.27 bits per heavy atom. The topological polar surface area (TPSA) is 32.9 Å². The summed E-state index contributed by atoms with van der Waals surface area (Å²) in [6.07, 6.45) is 1.52. The predicted octanol–water partition coefficient (Wildman–Crippen LogP) is 2.83. The Balaban J connectivity index is 2.64. The van der Waals surface area contributed by atoms with Crippen molar-refractivity contribution >= 4 is 11.6 Å². The molecule has 0 saturated carbocycles. The number of hydrogen-bond acceptors (Lipinski definition) is 1. The number of nitrogens with one attached hydrogen (secondary N) is 1.